The molecule has 0 aromatic heterocycles. The van der Waals surface area contributed by atoms with Crippen molar-refractivity contribution >= 4 is 6.09 Å². The first kappa shape index (κ1) is 8.81. The van der Waals surface area contributed by atoms with Gasteiger partial charge in [0, 0.05) is 19.7 Å². The smallest absolute Gasteiger partial charge is 0.407 e. The van der Waals surface area contributed by atoms with Gasteiger partial charge in [0.2, 0.25) is 0 Å². The minimum Gasteiger partial charge on any atom is -0.465 e. The van der Waals surface area contributed by atoms with Crippen LogP contribution in [0.2, 0.25) is 0 Å². The van der Waals surface area contributed by atoms with Crippen LogP contribution in [0, 0.1) is 5.41 Å². The third-order valence-electron chi connectivity index (χ3n) is 3.28. The molecule has 1 spiro atoms. The first-order valence-electron chi connectivity index (χ1n) is 4.78. The Morgan fingerprint density at radius 2 is 2.00 bits per heavy atom. The van der Waals surface area contributed by atoms with Gasteiger partial charge in [-0.25, -0.2) is 4.79 Å². The Kier molecular flexibility index (Phi) is 2.15. The summed E-state index contributed by atoms with van der Waals surface area (Å²) >= 11 is 0. The van der Waals surface area contributed by atoms with E-state index in [1.54, 1.807) is 0 Å². The minimum absolute atomic E-state index is 0.311. The molecule has 0 saturated carbocycles. The zero-order valence-electron chi connectivity index (χ0n) is 7.66. The van der Waals surface area contributed by atoms with Crippen LogP contribution in [0.1, 0.15) is 19.3 Å². The molecule has 2 rings (SSSR count). The van der Waals surface area contributed by atoms with Crippen molar-refractivity contribution in [3.63, 3.8) is 0 Å². The molecule has 13 heavy (non-hydrogen) atoms. The molecule has 2 heterocycles. The van der Waals surface area contributed by atoms with E-state index in [1.165, 1.54) is 4.90 Å². The van der Waals surface area contributed by atoms with Gasteiger partial charge in [-0.05, 0) is 24.7 Å². The van der Waals surface area contributed by atoms with E-state index < -0.39 is 6.09 Å². The van der Waals surface area contributed by atoms with Gasteiger partial charge in [-0.1, -0.05) is 0 Å². The Morgan fingerprint density at radius 1 is 1.31 bits per heavy atom. The van der Waals surface area contributed by atoms with Crippen molar-refractivity contribution in [1.29, 1.82) is 0 Å². The van der Waals surface area contributed by atoms with Crippen molar-refractivity contribution in [2.24, 2.45) is 5.41 Å². The maximum absolute atomic E-state index is 10.7. The fraction of sp³-hybridized carbons (Fsp3) is 0.889. The summed E-state index contributed by atoms with van der Waals surface area (Å²) in [5.74, 6) is 0. The Hall–Kier alpha value is -0.770. The Labute approximate surface area is 77.5 Å². The maximum atomic E-state index is 10.7. The highest BCUT2D eigenvalue weighted by molar-refractivity contribution is 5.65. The van der Waals surface area contributed by atoms with Crippen LogP contribution < -0.4 is 0 Å². The van der Waals surface area contributed by atoms with Crippen LogP contribution in [0.25, 0.3) is 0 Å². The van der Waals surface area contributed by atoms with E-state index in [4.69, 9.17) is 9.84 Å². The molecule has 2 aliphatic heterocycles. The largest absolute Gasteiger partial charge is 0.465 e. The second-order valence-electron chi connectivity index (χ2n) is 4.07. The van der Waals surface area contributed by atoms with Gasteiger partial charge in [0.1, 0.15) is 0 Å². The molecule has 4 heteroatoms. The highest BCUT2D eigenvalue weighted by Crippen LogP contribution is 2.38. The molecule has 1 amide bonds. The number of amides is 1. The summed E-state index contributed by atoms with van der Waals surface area (Å²) in [4.78, 5) is 12.2. The van der Waals surface area contributed by atoms with Gasteiger partial charge in [-0.2, -0.15) is 0 Å². The first-order chi connectivity index (χ1) is 6.22. The average Bonchev–Trinajstić information content (AvgIpc) is 2.54. The predicted octanol–water partition coefficient (Wildman–Crippen LogP) is 1.17. The molecule has 2 aliphatic rings. The summed E-state index contributed by atoms with van der Waals surface area (Å²) in [5.41, 5.74) is 0.311. The van der Waals surface area contributed by atoms with E-state index in [9.17, 15) is 4.79 Å². The highest BCUT2D eigenvalue weighted by atomic mass is 16.5. The quantitative estimate of drug-likeness (QED) is 0.616. The number of hydrogen-bond acceptors (Lipinski definition) is 2. The van der Waals surface area contributed by atoms with Crippen LogP contribution in [0.5, 0.6) is 0 Å². The summed E-state index contributed by atoms with van der Waals surface area (Å²) in [6.45, 7) is 3.05. The average molecular weight is 185 g/mol. The number of hydrogen-bond donors (Lipinski definition) is 1. The van der Waals surface area contributed by atoms with E-state index >= 15 is 0 Å². The van der Waals surface area contributed by atoms with Crippen LogP contribution in [0.3, 0.4) is 0 Å². The van der Waals surface area contributed by atoms with Gasteiger partial charge in [-0.15, -0.1) is 0 Å². The molecule has 0 aliphatic carbocycles. The van der Waals surface area contributed by atoms with Crippen LogP contribution in [0.4, 0.5) is 4.79 Å². The van der Waals surface area contributed by atoms with Crippen molar-refractivity contribution in [1.82, 2.24) is 4.90 Å². The van der Waals surface area contributed by atoms with Crippen molar-refractivity contribution < 1.29 is 14.6 Å². The first-order valence-corrected chi connectivity index (χ1v) is 4.78. The second-order valence-corrected chi connectivity index (χ2v) is 4.07. The van der Waals surface area contributed by atoms with E-state index in [0.717, 1.165) is 32.5 Å². The predicted molar refractivity (Wildman–Crippen MR) is 46.7 cm³/mol. The molecular formula is C9H15NO3. The van der Waals surface area contributed by atoms with Crippen LogP contribution in [-0.4, -0.2) is 42.4 Å². The molecule has 1 N–H and O–H groups in total. The van der Waals surface area contributed by atoms with Crippen molar-refractivity contribution in [3.05, 3.63) is 0 Å². The molecule has 0 aromatic carbocycles. The van der Waals surface area contributed by atoms with Crippen LogP contribution in [0.15, 0.2) is 0 Å². The number of rotatable bonds is 0. The number of piperidine rings is 1. The van der Waals surface area contributed by atoms with Gasteiger partial charge in [-0.3, -0.25) is 0 Å². The number of carboxylic acid groups (broad SMARTS) is 1. The maximum Gasteiger partial charge on any atom is 0.407 e. The number of carbonyl (C=O) groups is 1. The lowest BCUT2D eigenvalue weighted by molar-refractivity contribution is 0.0749. The fourth-order valence-electron chi connectivity index (χ4n) is 2.22. The monoisotopic (exact) mass is 185 g/mol. The molecule has 0 radical (unpaired) electrons. The second kappa shape index (κ2) is 3.18. The molecule has 2 fully saturated rings. The van der Waals surface area contributed by atoms with E-state index in [2.05, 4.69) is 0 Å². The lowest BCUT2D eigenvalue weighted by atomic mass is 9.78. The van der Waals surface area contributed by atoms with Crippen LogP contribution in [-0.2, 0) is 4.74 Å². The SMILES string of the molecule is O=C(O)N1CCC2(CCOC2)CC1. The van der Waals surface area contributed by atoms with E-state index in [0.29, 0.717) is 18.5 Å². The molecule has 0 atom stereocenters. The fourth-order valence-corrected chi connectivity index (χ4v) is 2.22. The molecule has 4 nitrogen and oxygen atoms in total. The van der Waals surface area contributed by atoms with Crippen molar-refractivity contribution in [2.45, 2.75) is 19.3 Å². The third kappa shape index (κ3) is 1.63. The molecule has 0 aromatic rings. The van der Waals surface area contributed by atoms with E-state index in [-0.39, 0.29) is 0 Å². The highest BCUT2D eigenvalue weighted by Gasteiger charge is 2.38. The van der Waals surface area contributed by atoms with Gasteiger partial charge in [0.15, 0.2) is 0 Å². The molecule has 2 saturated heterocycles. The molecular weight excluding hydrogens is 170 g/mol. The Morgan fingerprint density at radius 3 is 2.46 bits per heavy atom. The zero-order valence-corrected chi connectivity index (χ0v) is 7.66. The van der Waals surface area contributed by atoms with Crippen LogP contribution >= 0.6 is 0 Å². The topological polar surface area (TPSA) is 49.8 Å². The van der Waals surface area contributed by atoms with Gasteiger partial charge >= 0.3 is 6.09 Å². The number of ether oxygens (including phenoxy) is 1. The summed E-state index contributed by atoms with van der Waals surface area (Å²) < 4.78 is 5.37. The lowest BCUT2D eigenvalue weighted by Gasteiger charge is -2.36. The normalized spacial score (nSPS) is 26.6. The standard InChI is InChI=1S/C9H15NO3/c11-8(12)10-4-1-9(2-5-10)3-6-13-7-9/h1-7H2,(H,11,12). The summed E-state index contributed by atoms with van der Waals surface area (Å²) in [5, 5.41) is 8.76. The van der Waals surface area contributed by atoms with Gasteiger partial charge < -0.3 is 14.7 Å². The van der Waals surface area contributed by atoms with Gasteiger partial charge in [0.05, 0.1) is 6.61 Å². The molecule has 74 valence electrons. The summed E-state index contributed by atoms with van der Waals surface area (Å²) in [6.07, 6.45) is 2.27. The van der Waals surface area contributed by atoms with Crippen molar-refractivity contribution in [2.75, 3.05) is 26.3 Å². The van der Waals surface area contributed by atoms with Crippen molar-refractivity contribution in [3.8, 4) is 0 Å². The third-order valence-corrected chi connectivity index (χ3v) is 3.28. The summed E-state index contributed by atoms with van der Waals surface area (Å²) in [7, 11) is 0. The van der Waals surface area contributed by atoms with E-state index in [1.807, 2.05) is 0 Å². The number of nitrogens with zero attached hydrogens (tertiary/aromatic N) is 1. The zero-order chi connectivity index (χ0) is 9.31. The molecule has 0 unspecified atom stereocenters. The Balaban J connectivity index is 1.91. The van der Waals surface area contributed by atoms with Gasteiger partial charge in [0.25, 0.3) is 0 Å². The molecule has 0 bridgehead atoms. The summed E-state index contributed by atoms with van der Waals surface area (Å²) in [6, 6.07) is 0. The Bertz CT molecular complexity index is 201. The lowest BCUT2D eigenvalue weighted by Crippen LogP contribution is -2.42. The minimum atomic E-state index is -0.784. The number of likely N-dealkylation sites (tertiary alicyclic amines) is 1.